The van der Waals surface area contributed by atoms with Crippen molar-refractivity contribution in [2.24, 2.45) is 0 Å². The molecule has 0 saturated heterocycles. The summed E-state index contributed by atoms with van der Waals surface area (Å²) in [6, 6.07) is 55.7. The van der Waals surface area contributed by atoms with E-state index in [1.165, 1.54) is 26.3 Å². The lowest BCUT2D eigenvalue weighted by Crippen LogP contribution is -2.67. The maximum absolute atomic E-state index is 7.84. The summed E-state index contributed by atoms with van der Waals surface area (Å²) in [5.74, 6) is 0. The Kier molecular flexibility index (Phi) is 13.0. The van der Waals surface area contributed by atoms with Crippen molar-refractivity contribution in [2.75, 3.05) is 6.16 Å². The van der Waals surface area contributed by atoms with E-state index in [-0.39, 0.29) is 11.1 Å². The molecule has 49 heavy (non-hydrogen) atoms. The maximum Gasteiger partial charge on any atom is 0.261 e. The summed E-state index contributed by atoms with van der Waals surface area (Å²) in [7, 11) is -4.85. The third kappa shape index (κ3) is 8.57. The first-order valence-corrected chi connectivity index (χ1v) is 21.6. The van der Waals surface area contributed by atoms with Gasteiger partial charge in [-0.1, -0.05) is 179 Å². The number of allylic oxidation sites excluding steroid dienone is 5. The Hall–Kier alpha value is -4.07. The van der Waals surface area contributed by atoms with E-state index in [1.807, 2.05) is 0 Å². The highest BCUT2D eigenvalue weighted by Gasteiger charge is 2.52. The number of benzene rings is 5. The maximum atomic E-state index is 7.84. The van der Waals surface area contributed by atoms with Gasteiger partial charge < -0.3 is 4.43 Å². The van der Waals surface area contributed by atoms with Gasteiger partial charge in [-0.05, 0) is 64.7 Å². The zero-order chi connectivity index (χ0) is 34.4. The smallest absolute Gasteiger partial charge is 0.261 e. The first-order valence-electron chi connectivity index (χ1n) is 17.7. The fraction of sp³-hybridized carbons (Fsp3) is 0.217. The van der Waals surface area contributed by atoms with Crippen LogP contribution in [0.15, 0.2) is 188 Å². The van der Waals surface area contributed by atoms with Crippen molar-refractivity contribution in [1.29, 1.82) is 0 Å². The molecule has 1 nitrogen and oxygen atoms in total. The van der Waals surface area contributed by atoms with E-state index in [0.717, 1.165) is 25.4 Å². The van der Waals surface area contributed by atoms with Crippen molar-refractivity contribution >= 4 is 41.9 Å². The van der Waals surface area contributed by atoms with Crippen molar-refractivity contribution in [3.8, 4) is 0 Å². The van der Waals surface area contributed by atoms with Crippen molar-refractivity contribution < 1.29 is 4.43 Å². The average molecular weight is 680 g/mol. The van der Waals surface area contributed by atoms with Crippen molar-refractivity contribution in [1.82, 2.24) is 0 Å². The van der Waals surface area contributed by atoms with Gasteiger partial charge in [0, 0.05) is 6.42 Å². The van der Waals surface area contributed by atoms with Crippen molar-refractivity contribution in [2.45, 2.75) is 58.1 Å². The third-order valence-corrected chi connectivity index (χ3v) is 18.9. The van der Waals surface area contributed by atoms with Crippen LogP contribution in [0, 0.1) is 0 Å². The largest absolute Gasteiger partial charge is 0.401 e. The molecule has 250 valence electrons. The normalized spacial score (nSPS) is 13.4. The molecule has 0 saturated carbocycles. The number of hydrogen-bond acceptors (Lipinski definition) is 1. The van der Waals surface area contributed by atoms with E-state index < -0.39 is 15.6 Å². The quantitative estimate of drug-likeness (QED) is 0.0464. The second kappa shape index (κ2) is 17.5. The molecule has 0 heterocycles. The van der Waals surface area contributed by atoms with Gasteiger partial charge in [-0.15, -0.1) is 0 Å². The molecule has 0 aliphatic rings. The molecule has 3 heteroatoms. The lowest BCUT2D eigenvalue weighted by atomic mass is 10.2. The molecule has 0 spiro atoms. The molecule has 0 radical (unpaired) electrons. The number of rotatable bonds is 15. The van der Waals surface area contributed by atoms with Gasteiger partial charge in [-0.25, -0.2) is 0 Å². The summed E-state index contributed by atoms with van der Waals surface area (Å²) < 4.78 is 7.84. The molecule has 5 aromatic rings. The van der Waals surface area contributed by atoms with Crippen LogP contribution in [-0.4, -0.2) is 20.6 Å². The fourth-order valence-corrected chi connectivity index (χ4v) is 16.0. The monoisotopic (exact) mass is 679 g/mol. The molecule has 5 rings (SSSR count). The molecule has 0 aromatic heterocycles. The molecule has 0 amide bonds. The van der Waals surface area contributed by atoms with E-state index in [4.69, 9.17) is 4.43 Å². The summed E-state index contributed by atoms with van der Waals surface area (Å²) in [5, 5.41) is 6.72. The molecule has 0 N–H and O–H groups in total. The van der Waals surface area contributed by atoms with Crippen LogP contribution >= 0.6 is 7.26 Å². The second-order valence-corrected chi connectivity index (χ2v) is 21.4. The van der Waals surface area contributed by atoms with Crippen LogP contribution in [0.4, 0.5) is 0 Å². The van der Waals surface area contributed by atoms with E-state index in [2.05, 4.69) is 216 Å². The van der Waals surface area contributed by atoms with Gasteiger partial charge in [0.25, 0.3) is 8.32 Å². The Labute approximate surface area is 297 Å². The summed E-state index contributed by atoms with van der Waals surface area (Å²) >= 11 is 0. The van der Waals surface area contributed by atoms with Crippen LogP contribution in [0.3, 0.4) is 0 Å². The SMILES string of the molecule is CC/C=C\C/C=C\C=C\C(CC[P+](c1ccccc1)(c1ccccc1)c1ccccc1)O[Si](c1ccccc1)(c1ccccc1)C(C)(C)C. The molecule has 0 fully saturated rings. The Morgan fingerprint density at radius 3 is 1.41 bits per heavy atom. The minimum absolute atomic E-state index is 0.0994. The van der Waals surface area contributed by atoms with Crippen LogP contribution < -0.4 is 26.3 Å². The predicted octanol–water partition coefficient (Wildman–Crippen LogP) is 9.78. The Morgan fingerprint density at radius 2 is 1.00 bits per heavy atom. The Morgan fingerprint density at radius 1 is 0.571 bits per heavy atom. The topological polar surface area (TPSA) is 9.23 Å². The minimum Gasteiger partial charge on any atom is -0.401 e. The van der Waals surface area contributed by atoms with Gasteiger partial charge >= 0.3 is 0 Å². The summed E-state index contributed by atoms with van der Waals surface area (Å²) in [4.78, 5) is 0. The summed E-state index contributed by atoms with van der Waals surface area (Å²) in [5.41, 5.74) is 0. The van der Waals surface area contributed by atoms with E-state index in [1.54, 1.807) is 0 Å². The van der Waals surface area contributed by atoms with Crippen LogP contribution in [-0.2, 0) is 4.43 Å². The lowest BCUT2D eigenvalue weighted by Gasteiger charge is -2.45. The zero-order valence-corrected chi connectivity index (χ0v) is 31.6. The highest BCUT2D eigenvalue weighted by Crippen LogP contribution is 2.56. The lowest BCUT2D eigenvalue weighted by molar-refractivity contribution is 0.230. The standard InChI is InChI=1S/C46H52OPSi/c1-5-6-7-8-9-10-16-27-40(47-49(46(2,3)4,44-34-23-14-24-35-44)45-36-25-15-26-37-45)38-39-48(41-28-17-11-18-29-41,42-30-19-12-20-31-42)43-32-21-13-22-33-43/h6-7,9-37,40H,5,8,38-39H2,1-4H3/q+1/b7-6-,10-9-,27-16+. The molecule has 0 aliphatic carbocycles. The number of hydrogen-bond donors (Lipinski definition) is 0. The molecule has 0 aliphatic heterocycles. The third-order valence-electron chi connectivity index (χ3n) is 9.33. The first-order chi connectivity index (χ1) is 23.9. The van der Waals surface area contributed by atoms with Crippen molar-refractivity contribution in [3.05, 3.63) is 188 Å². The highest BCUT2D eigenvalue weighted by atomic mass is 31.2. The van der Waals surface area contributed by atoms with Gasteiger partial charge in [0.1, 0.15) is 23.2 Å². The van der Waals surface area contributed by atoms with Crippen LogP contribution in [0.25, 0.3) is 0 Å². The van der Waals surface area contributed by atoms with E-state index in [0.29, 0.717) is 0 Å². The fourth-order valence-electron chi connectivity index (χ4n) is 7.00. The van der Waals surface area contributed by atoms with Gasteiger partial charge in [0.2, 0.25) is 0 Å². The van der Waals surface area contributed by atoms with Gasteiger partial charge in [-0.2, -0.15) is 0 Å². The minimum atomic E-state index is -2.81. The predicted molar refractivity (Wildman–Crippen MR) is 219 cm³/mol. The summed E-state index contributed by atoms with van der Waals surface area (Å²) in [6.45, 7) is 9.29. The van der Waals surface area contributed by atoms with Gasteiger partial charge in [0.05, 0.1) is 12.3 Å². The molecular formula is C46H52OPSi+. The van der Waals surface area contributed by atoms with Gasteiger partial charge in [-0.3, -0.25) is 0 Å². The average Bonchev–Trinajstić information content (AvgIpc) is 3.15. The first kappa shape index (κ1) is 36.2. The van der Waals surface area contributed by atoms with Gasteiger partial charge in [0.15, 0.2) is 0 Å². The molecule has 0 bridgehead atoms. The molecule has 5 aromatic carbocycles. The Bertz CT molecular complexity index is 1620. The highest BCUT2D eigenvalue weighted by molar-refractivity contribution is 7.95. The van der Waals surface area contributed by atoms with E-state index in [9.17, 15) is 0 Å². The Balaban J connectivity index is 1.65. The van der Waals surface area contributed by atoms with Crippen LogP contribution in [0.1, 0.15) is 47.0 Å². The van der Waals surface area contributed by atoms with Crippen molar-refractivity contribution in [3.63, 3.8) is 0 Å². The zero-order valence-electron chi connectivity index (χ0n) is 29.7. The molecular weight excluding hydrogens is 628 g/mol. The molecule has 1 unspecified atom stereocenters. The van der Waals surface area contributed by atoms with Crippen LogP contribution in [0.2, 0.25) is 5.04 Å². The molecule has 1 atom stereocenters. The van der Waals surface area contributed by atoms with Crippen LogP contribution in [0.5, 0.6) is 0 Å². The van der Waals surface area contributed by atoms with E-state index >= 15 is 0 Å². The summed E-state index contributed by atoms with van der Waals surface area (Å²) in [6.07, 6.45) is 17.2. The second-order valence-electron chi connectivity index (χ2n) is 13.6.